The van der Waals surface area contributed by atoms with Crippen LogP contribution in [0.2, 0.25) is 0 Å². The number of H-pyrrole nitrogens is 1. The molecule has 3 rings (SSSR count). The normalized spacial score (nSPS) is 11.9. The molecular weight excluding hydrogens is 322 g/mol. The maximum Gasteiger partial charge on any atom is 0.320 e. The van der Waals surface area contributed by atoms with Crippen LogP contribution in [0.3, 0.4) is 0 Å². The van der Waals surface area contributed by atoms with Crippen LogP contribution in [0, 0.1) is 0 Å². The SMILES string of the molecule is CCOc1n[nH]c2cc(NC(=O)N[C@H](CO)c3ccccc3)ncc12. The number of aliphatic hydroxyl groups excluding tert-OH is 1. The van der Waals surface area contributed by atoms with Crippen LogP contribution in [0.15, 0.2) is 42.6 Å². The maximum absolute atomic E-state index is 12.2. The Balaban J connectivity index is 1.69. The van der Waals surface area contributed by atoms with Crippen molar-refractivity contribution in [1.82, 2.24) is 20.5 Å². The standard InChI is InChI=1S/C17H19N5O3/c1-2-25-16-12-9-18-15(8-13(12)21-22-16)20-17(24)19-14(10-23)11-6-4-3-5-7-11/h3-9,14,23H,2,10H2,1H3,(H,21,22)(H2,18,19,20,24)/t14-/m1/s1. The molecule has 130 valence electrons. The Kier molecular flexibility index (Phi) is 5.10. The van der Waals surface area contributed by atoms with E-state index < -0.39 is 12.1 Å². The van der Waals surface area contributed by atoms with Gasteiger partial charge in [0.15, 0.2) is 0 Å². The number of carbonyl (C=O) groups is 1. The van der Waals surface area contributed by atoms with Gasteiger partial charge in [-0.3, -0.25) is 10.4 Å². The number of nitrogens with one attached hydrogen (secondary N) is 3. The zero-order valence-corrected chi connectivity index (χ0v) is 13.7. The third-order valence-corrected chi connectivity index (χ3v) is 3.62. The number of amides is 2. The lowest BCUT2D eigenvalue weighted by Gasteiger charge is -2.17. The first-order valence-corrected chi connectivity index (χ1v) is 7.91. The molecule has 0 bridgehead atoms. The van der Waals surface area contributed by atoms with Crippen LogP contribution in [0.4, 0.5) is 10.6 Å². The number of pyridine rings is 1. The Hall–Kier alpha value is -3.13. The molecule has 1 aromatic carbocycles. The molecule has 4 N–H and O–H groups in total. The van der Waals surface area contributed by atoms with E-state index in [4.69, 9.17) is 4.74 Å². The van der Waals surface area contributed by atoms with Crippen LogP contribution in [-0.2, 0) is 0 Å². The fourth-order valence-corrected chi connectivity index (χ4v) is 2.44. The number of anilines is 1. The average molecular weight is 341 g/mol. The molecule has 0 aliphatic rings. The molecule has 2 amide bonds. The van der Waals surface area contributed by atoms with Crippen molar-refractivity contribution in [2.45, 2.75) is 13.0 Å². The van der Waals surface area contributed by atoms with Crippen LogP contribution >= 0.6 is 0 Å². The summed E-state index contributed by atoms with van der Waals surface area (Å²) in [6.45, 7) is 2.17. The summed E-state index contributed by atoms with van der Waals surface area (Å²) in [5.41, 5.74) is 1.52. The van der Waals surface area contributed by atoms with Crippen molar-refractivity contribution in [2.75, 3.05) is 18.5 Å². The van der Waals surface area contributed by atoms with Crippen molar-refractivity contribution >= 4 is 22.8 Å². The highest BCUT2D eigenvalue weighted by Gasteiger charge is 2.14. The van der Waals surface area contributed by atoms with Gasteiger partial charge in [-0.1, -0.05) is 30.3 Å². The van der Waals surface area contributed by atoms with E-state index in [1.54, 1.807) is 12.3 Å². The Labute approximate surface area is 144 Å². The maximum atomic E-state index is 12.2. The number of urea groups is 1. The molecule has 3 aromatic rings. The largest absolute Gasteiger partial charge is 0.476 e. The minimum atomic E-state index is -0.498. The third kappa shape index (κ3) is 3.86. The van der Waals surface area contributed by atoms with E-state index in [1.165, 1.54) is 0 Å². The number of hydrogen-bond acceptors (Lipinski definition) is 5. The predicted octanol–water partition coefficient (Wildman–Crippen LogP) is 2.21. The quantitative estimate of drug-likeness (QED) is 0.549. The molecule has 0 unspecified atom stereocenters. The van der Waals surface area contributed by atoms with Crippen LogP contribution < -0.4 is 15.4 Å². The monoisotopic (exact) mass is 341 g/mol. The summed E-state index contributed by atoms with van der Waals surface area (Å²) in [6.07, 6.45) is 1.58. The number of aromatic amines is 1. The molecule has 8 nitrogen and oxygen atoms in total. The molecule has 0 aliphatic heterocycles. The Morgan fingerprint density at radius 1 is 1.36 bits per heavy atom. The lowest BCUT2D eigenvalue weighted by Crippen LogP contribution is -2.34. The highest BCUT2D eigenvalue weighted by Crippen LogP contribution is 2.23. The van der Waals surface area contributed by atoms with Gasteiger partial charge in [0.05, 0.1) is 30.2 Å². The highest BCUT2D eigenvalue weighted by atomic mass is 16.5. The minimum absolute atomic E-state index is 0.206. The number of carbonyl (C=O) groups excluding carboxylic acids is 1. The summed E-state index contributed by atoms with van der Waals surface area (Å²) in [6, 6.07) is 9.96. The topological polar surface area (TPSA) is 112 Å². The van der Waals surface area contributed by atoms with Crippen LogP contribution in [0.5, 0.6) is 5.88 Å². The zero-order valence-electron chi connectivity index (χ0n) is 13.7. The van der Waals surface area contributed by atoms with Crippen molar-refractivity contribution in [3.63, 3.8) is 0 Å². The van der Waals surface area contributed by atoms with E-state index >= 15 is 0 Å². The number of ether oxygens (including phenoxy) is 1. The molecule has 0 saturated carbocycles. The van der Waals surface area contributed by atoms with Gasteiger partial charge in [0.2, 0.25) is 5.88 Å². The second kappa shape index (κ2) is 7.63. The molecule has 0 aliphatic carbocycles. The van der Waals surface area contributed by atoms with E-state index in [2.05, 4.69) is 25.8 Å². The van der Waals surface area contributed by atoms with Gasteiger partial charge in [-0.05, 0) is 12.5 Å². The first kappa shape index (κ1) is 16.7. The minimum Gasteiger partial charge on any atom is -0.476 e. The van der Waals surface area contributed by atoms with E-state index in [0.29, 0.717) is 23.8 Å². The van der Waals surface area contributed by atoms with Crippen molar-refractivity contribution in [1.29, 1.82) is 0 Å². The second-order valence-electron chi connectivity index (χ2n) is 5.32. The van der Waals surface area contributed by atoms with Crippen LogP contribution in [0.1, 0.15) is 18.5 Å². The number of nitrogens with zero attached hydrogens (tertiary/aromatic N) is 2. The predicted molar refractivity (Wildman–Crippen MR) is 93.5 cm³/mol. The Bertz CT molecular complexity index is 850. The van der Waals surface area contributed by atoms with E-state index in [0.717, 1.165) is 10.9 Å². The van der Waals surface area contributed by atoms with E-state index in [9.17, 15) is 9.90 Å². The van der Waals surface area contributed by atoms with Gasteiger partial charge < -0.3 is 15.2 Å². The van der Waals surface area contributed by atoms with Gasteiger partial charge in [-0.15, -0.1) is 5.10 Å². The smallest absolute Gasteiger partial charge is 0.320 e. The molecule has 2 heterocycles. The van der Waals surface area contributed by atoms with Crippen molar-refractivity contribution < 1.29 is 14.6 Å². The van der Waals surface area contributed by atoms with Gasteiger partial charge >= 0.3 is 6.03 Å². The molecule has 25 heavy (non-hydrogen) atoms. The lowest BCUT2D eigenvalue weighted by molar-refractivity contribution is 0.225. The Morgan fingerprint density at radius 2 is 2.16 bits per heavy atom. The zero-order chi connectivity index (χ0) is 17.6. The lowest BCUT2D eigenvalue weighted by atomic mass is 10.1. The number of rotatable bonds is 6. The van der Waals surface area contributed by atoms with E-state index in [1.807, 2.05) is 37.3 Å². The number of aromatic nitrogens is 3. The fourth-order valence-electron chi connectivity index (χ4n) is 2.44. The van der Waals surface area contributed by atoms with E-state index in [-0.39, 0.29) is 6.61 Å². The van der Waals surface area contributed by atoms with Gasteiger partial charge in [-0.2, -0.15) is 0 Å². The van der Waals surface area contributed by atoms with Gasteiger partial charge in [-0.25, -0.2) is 9.78 Å². The molecule has 0 saturated heterocycles. The third-order valence-electron chi connectivity index (χ3n) is 3.62. The van der Waals surface area contributed by atoms with Crippen molar-refractivity contribution in [3.05, 3.63) is 48.2 Å². The first-order valence-electron chi connectivity index (χ1n) is 7.91. The summed E-state index contributed by atoms with van der Waals surface area (Å²) in [5.74, 6) is 0.840. The van der Waals surface area contributed by atoms with Gasteiger partial charge in [0.25, 0.3) is 0 Å². The summed E-state index contributed by atoms with van der Waals surface area (Å²) >= 11 is 0. The molecule has 8 heteroatoms. The molecule has 0 fully saturated rings. The number of hydrogen-bond donors (Lipinski definition) is 4. The van der Waals surface area contributed by atoms with Crippen molar-refractivity contribution in [3.8, 4) is 5.88 Å². The average Bonchev–Trinajstić information content (AvgIpc) is 3.03. The number of fused-ring (bicyclic) bond motifs is 1. The summed E-state index contributed by atoms with van der Waals surface area (Å²) in [7, 11) is 0. The fraction of sp³-hybridized carbons (Fsp3) is 0.235. The van der Waals surface area contributed by atoms with Gasteiger partial charge in [0, 0.05) is 12.3 Å². The summed E-state index contributed by atoms with van der Waals surface area (Å²) in [5, 5.41) is 22.5. The van der Waals surface area contributed by atoms with Crippen LogP contribution in [-0.4, -0.2) is 39.5 Å². The number of aliphatic hydroxyl groups is 1. The summed E-state index contributed by atoms with van der Waals surface area (Å²) in [4.78, 5) is 16.4. The molecule has 0 radical (unpaired) electrons. The molecule has 2 aromatic heterocycles. The second-order valence-corrected chi connectivity index (χ2v) is 5.32. The summed E-state index contributed by atoms with van der Waals surface area (Å²) < 4.78 is 5.39. The van der Waals surface area contributed by atoms with Crippen LogP contribution in [0.25, 0.3) is 10.9 Å². The highest BCUT2D eigenvalue weighted by molar-refractivity contribution is 5.92. The molecular formula is C17H19N5O3. The molecule has 0 spiro atoms. The number of benzene rings is 1. The first-order chi connectivity index (χ1) is 12.2. The molecule has 1 atom stereocenters. The van der Waals surface area contributed by atoms with Crippen molar-refractivity contribution in [2.24, 2.45) is 0 Å². The Morgan fingerprint density at radius 3 is 2.88 bits per heavy atom. The van der Waals surface area contributed by atoms with Gasteiger partial charge in [0.1, 0.15) is 5.82 Å².